The topological polar surface area (TPSA) is 96.8 Å². The second-order valence-electron chi connectivity index (χ2n) is 6.85. The summed E-state index contributed by atoms with van der Waals surface area (Å²) in [5.74, 6) is -2.48. The second-order valence-corrected chi connectivity index (χ2v) is 7.83. The zero-order chi connectivity index (χ0) is 22.1. The number of carbonyl (C=O) groups excluding carboxylic acids is 3. The number of aromatic nitrogens is 1. The summed E-state index contributed by atoms with van der Waals surface area (Å²) >= 11 is 0.966. The van der Waals surface area contributed by atoms with Crippen LogP contribution in [-0.2, 0) is 14.3 Å². The molecule has 1 atom stereocenters. The van der Waals surface area contributed by atoms with Crippen molar-refractivity contribution in [1.29, 1.82) is 0 Å². The Morgan fingerprint density at radius 2 is 1.68 bits per heavy atom. The molecule has 0 spiro atoms. The lowest BCUT2D eigenvalue weighted by Gasteiger charge is -2.22. The fourth-order valence-corrected chi connectivity index (χ4v) is 4.51. The highest BCUT2D eigenvalue weighted by atomic mass is 32.1. The van der Waals surface area contributed by atoms with E-state index < -0.39 is 23.7 Å². The largest absolute Gasteiger partial charge is 0.507 e. The number of anilines is 1. The van der Waals surface area contributed by atoms with Gasteiger partial charge in [0.25, 0.3) is 5.78 Å². The van der Waals surface area contributed by atoms with Crippen LogP contribution in [0.4, 0.5) is 5.13 Å². The first-order valence-corrected chi connectivity index (χ1v) is 10.2. The van der Waals surface area contributed by atoms with Gasteiger partial charge in [-0.1, -0.05) is 72.0 Å². The van der Waals surface area contributed by atoms with Gasteiger partial charge in [-0.15, -0.1) is 0 Å². The molecule has 0 bridgehead atoms. The minimum absolute atomic E-state index is 0.0325. The van der Waals surface area contributed by atoms with Crippen molar-refractivity contribution < 1.29 is 24.2 Å². The second kappa shape index (κ2) is 8.16. The Bertz CT molecular complexity index is 1200. The average Bonchev–Trinajstić information content (AvgIpc) is 3.31. The lowest BCUT2D eigenvalue weighted by Crippen LogP contribution is -2.29. The normalized spacial score (nSPS) is 17.7. The third-order valence-corrected chi connectivity index (χ3v) is 6.11. The van der Waals surface area contributed by atoms with Crippen molar-refractivity contribution >= 4 is 39.9 Å². The zero-order valence-corrected chi connectivity index (χ0v) is 17.6. The Labute approximate surface area is 182 Å². The minimum atomic E-state index is -0.891. The van der Waals surface area contributed by atoms with Crippen LogP contribution < -0.4 is 4.90 Å². The number of amides is 1. The van der Waals surface area contributed by atoms with Crippen LogP contribution in [0.5, 0.6) is 0 Å². The molecule has 0 unspecified atom stereocenters. The van der Waals surface area contributed by atoms with Crippen molar-refractivity contribution in [3.8, 4) is 0 Å². The Kier molecular flexibility index (Phi) is 5.39. The smallest absolute Gasteiger partial charge is 0.350 e. The number of hydrogen-bond donors (Lipinski definition) is 1. The molecule has 1 saturated heterocycles. The molecule has 1 amide bonds. The van der Waals surface area contributed by atoms with E-state index >= 15 is 0 Å². The highest BCUT2D eigenvalue weighted by Crippen LogP contribution is 2.43. The van der Waals surface area contributed by atoms with E-state index in [0.29, 0.717) is 16.8 Å². The summed E-state index contributed by atoms with van der Waals surface area (Å²) in [4.78, 5) is 44.0. The van der Waals surface area contributed by atoms with Gasteiger partial charge < -0.3 is 9.84 Å². The van der Waals surface area contributed by atoms with Gasteiger partial charge >= 0.3 is 11.9 Å². The summed E-state index contributed by atoms with van der Waals surface area (Å²) in [6, 6.07) is 16.6. The highest BCUT2D eigenvalue weighted by Gasteiger charge is 2.48. The molecule has 1 aliphatic rings. The van der Waals surface area contributed by atoms with E-state index in [2.05, 4.69) is 4.98 Å². The van der Waals surface area contributed by atoms with E-state index in [4.69, 9.17) is 4.74 Å². The van der Waals surface area contributed by atoms with Gasteiger partial charge in [-0.25, -0.2) is 9.78 Å². The van der Waals surface area contributed by atoms with E-state index in [0.717, 1.165) is 11.3 Å². The van der Waals surface area contributed by atoms with Gasteiger partial charge in [0.1, 0.15) is 10.6 Å². The number of ketones is 1. The van der Waals surface area contributed by atoms with Gasteiger partial charge in [-0.2, -0.15) is 0 Å². The van der Waals surface area contributed by atoms with Crippen molar-refractivity contribution in [3.63, 3.8) is 0 Å². The molecular formula is C23H18N2O5S. The molecule has 4 rings (SSSR count). The fourth-order valence-electron chi connectivity index (χ4n) is 3.50. The maximum atomic E-state index is 13.1. The summed E-state index contributed by atoms with van der Waals surface area (Å²) in [5, 5.41) is 11.2. The number of thiazole rings is 1. The Morgan fingerprint density at radius 1 is 1.06 bits per heavy atom. The lowest BCUT2D eigenvalue weighted by molar-refractivity contribution is -0.132. The fraction of sp³-hybridized carbons (Fsp3) is 0.130. The first-order valence-electron chi connectivity index (χ1n) is 9.41. The van der Waals surface area contributed by atoms with Crippen molar-refractivity contribution in [2.75, 3.05) is 12.0 Å². The number of benzene rings is 2. The van der Waals surface area contributed by atoms with Crippen molar-refractivity contribution in [2.24, 2.45) is 0 Å². The molecule has 1 fully saturated rings. The third-order valence-electron chi connectivity index (χ3n) is 4.97. The van der Waals surface area contributed by atoms with E-state index in [1.54, 1.807) is 61.5 Å². The van der Waals surface area contributed by atoms with Crippen LogP contribution in [0.25, 0.3) is 5.76 Å². The number of esters is 1. The number of aryl methyl sites for hydroxylation is 1. The van der Waals surface area contributed by atoms with Gasteiger partial charge in [0.05, 0.1) is 24.4 Å². The molecule has 3 aromatic rings. The van der Waals surface area contributed by atoms with Gasteiger partial charge in [-0.3, -0.25) is 14.5 Å². The number of ether oxygens (including phenoxy) is 1. The molecule has 8 heteroatoms. The number of hydrogen-bond acceptors (Lipinski definition) is 7. The number of rotatable bonds is 4. The summed E-state index contributed by atoms with van der Waals surface area (Å²) in [6.07, 6.45) is 0. The highest BCUT2D eigenvalue weighted by molar-refractivity contribution is 7.17. The number of aliphatic hydroxyl groups is 1. The number of aliphatic hydroxyl groups excluding tert-OH is 1. The Balaban J connectivity index is 1.93. The summed E-state index contributed by atoms with van der Waals surface area (Å²) < 4.78 is 4.78. The quantitative estimate of drug-likeness (QED) is 0.290. The van der Waals surface area contributed by atoms with E-state index in [1.807, 2.05) is 6.07 Å². The average molecular weight is 434 g/mol. The summed E-state index contributed by atoms with van der Waals surface area (Å²) in [7, 11) is 1.26. The van der Waals surface area contributed by atoms with Crippen LogP contribution in [0.3, 0.4) is 0 Å². The SMILES string of the molecule is COC(=O)c1sc(N2C(=O)C(=O)/C(=C(/O)c3ccccc3)[C@H]2c2ccccc2)nc1C. The minimum Gasteiger partial charge on any atom is -0.507 e. The van der Waals surface area contributed by atoms with Crippen LogP contribution in [0, 0.1) is 6.92 Å². The maximum Gasteiger partial charge on any atom is 0.350 e. The number of nitrogens with zero attached hydrogens (tertiary/aromatic N) is 2. The number of Topliss-reactive ketones (excluding diaryl/α,β-unsaturated/α-hetero) is 1. The van der Waals surface area contributed by atoms with Gasteiger partial charge in [0.2, 0.25) is 0 Å². The van der Waals surface area contributed by atoms with E-state index in [-0.39, 0.29) is 21.3 Å². The molecule has 156 valence electrons. The molecule has 2 aromatic carbocycles. The first-order chi connectivity index (χ1) is 14.9. The van der Waals surface area contributed by atoms with Crippen molar-refractivity contribution in [2.45, 2.75) is 13.0 Å². The van der Waals surface area contributed by atoms with Gasteiger partial charge in [0.15, 0.2) is 5.13 Å². The molecule has 1 aliphatic heterocycles. The molecule has 0 aliphatic carbocycles. The van der Waals surface area contributed by atoms with E-state index in [9.17, 15) is 19.5 Å². The maximum absolute atomic E-state index is 13.1. The summed E-state index contributed by atoms with van der Waals surface area (Å²) in [5.41, 5.74) is 1.41. The van der Waals surface area contributed by atoms with Crippen LogP contribution in [0.1, 0.15) is 32.5 Å². The predicted molar refractivity (Wildman–Crippen MR) is 116 cm³/mol. The number of methoxy groups -OCH3 is 1. The molecule has 1 N–H and O–H groups in total. The van der Waals surface area contributed by atoms with Crippen LogP contribution >= 0.6 is 11.3 Å². The third kappa shape index (κ3) is 3.51. The monoisotopic (exact) mass is 434 g/mol. The predicted octanol–water partition coefficient (Wildman–Crippen LogP) is 3.86. The molecule has 2 heterocycles. The number of carbonyl (C=O) groups is 3. The van der Waals surface area contributed by atoms with Crippen molar-refractivity contribution in [3.05, 3.63) is 87.9 Å². The van der Waals surface area contributed by atoms with Gasteiger partial charge in [-0.05, 0) is 12.5 Å². The molecule has 1 aromatic heterocycles. The zero-order valence-electron chi connectivity index (χ0n) is 16.7. The lowest BCUT2D eigenvalue weighted by atomic mass is 9.95. The summed E-state index contributed by atoms with van der Waals surface area (Å²) in [6.45, 7) is 1.63. The molecular weight excluding hydrogens is 416 g/mol. The van der Waals surface area contributed by atoms with Crippen LogP contribution in [0.2, 0.25) is 0 Å². The molecule has 7 nitrogen and oxygen atoms in total. The molecule has 0 radical (unpaired) electrons. The van der Waals surface area contributed by atoms with E-state index in [1.165, 1.54) is 12.0 Å². The van der Waals surface area contributed by atoms with Crippen LogP contribution in [0.15, 0.2) is 66.2 Å². The molecule has 0 saturated carbocycles. The Hall–Kier alpha value is -3.78. The molecule has 31 heavy (non-hydrogen) atoms. The first kappa shape index (κ1) is 20.5. The Morgan fingerprint density at radius 3 is 2.29 bits per heavy atom. The van der Waals surface area contributed by atoms with Gasteiger partial charge in [0, 0.05) is 5.56 Å². The van der Waals surface area contributed by atoms with Crippen LogP contribution in [-0.4, -0.2) is 34.9 Å². The van der Waals surface area contributed by atoms with Crippen molar-refractivity contribution in [1.82, 2.24) is 4.98 Å². The standard InChI is InChI=1S/C23H18N2O5S/c1-13-20(22(29)30-2)31-23(24-13)25-17(14-9-5-3-6-10-14)16(19(27)21(25)28)18(26)15-11-7-4-8-12-15/h3-12,17,26H,1-2H3/b18-16+/t17-/m1/s1.